The molecule has 144 valence electrons. The van der Waals surface area contributed by atoms with E-state index in [-0.39, 0.29) is 0 Å². The van der Waals surface area contributed by atoms with Gasteiger partial charge in [0, 0.05) is 19.8 Å². The van der Waals surface area contributed by atoms with Crippen LogP contribution in [-0.2, 0) is 20.0 Å². The Balaban J connectivity index is 1.71. The number of hydrogen-bond donors (Lipinski definition) is 0. The Morgan fingerprint density at radius 1 is 1.25 bits per heavy atom. The van der Waals surface area contributed by atoms with Crippen LogP contribution in [0.2, 0.25) is 0 Å². The van der Waals surface area contributed by atoms with Gasteiger partial charge < -0.3 is 14.2 Å². The molecule has 2 heterocycles. The maximum absolute atomic E-state index is 8.99. The van der Waals surface area contributed by atoms with Gasteiger partial charge in [-0.05, 0) is 58.6 Å². The normalized spacial score (nSPS) is 10.5. The Bertz CT molecular complexity index is 962. The molecule has 2 aromatic heterocycles. The first kappa shape index (κ1) is 19.9. The van der Waals surface area contributed by atoms with E-state index in [1.807, 2.05) is 29.9 Å². The number of anilines is 1. The van der Waals surface area contributed by atoms with Crippen molar-refractivity contribution in [3.05, 3.63) is 70.5 Å². The second kappa shape index (κ2) is 9.38. The van der Waals surface area contributed by atoms with E-state index < -0.39 is 0 Å². The quantitative estimate of drug-likeness (QED) is 0.528. The molecule has 3 rings (SSSR count). The van der Waals surface area contributed by atoms with Gasteiger partial charge in [0.1, 0.15) is 17.5 Å². The van der Waals surface area contributed by atoms with Crippen molar-refractivity contribution in [3.8, 4) is 11.8 Å². The van der Waals surface area contributed by atoms with Crippen LogP contribution in [0.3, 0.4) is 0 Å². The molecule has 0 aliphatic heterocycles. The predicted molar refractivity (Wildman–Crippen MR) is 112 cm³/mol. The molecular weight excluding hydrogens is 418 g/mol. The van der Waals surface area contributed by atoms with E-state index in [9.17, 15) is 0 Å². The summed E-state index contributed by atoms with van der Waals surface area (Å²) in [6.45, 7) is 1.59. The summed E-state index contributed by atoms with van der Waals surface area (Å²) in [5.74, 6) is 0.848. The number of ether oxygens (including phenoxy) is 1. The number of hydrogen-bond acceptors (Lipinski definition) is 5. The summed E-state index contributed by atoms with van der Waals surface area (Å²) in [6, 6.07) is 12.0. The molecule has 1 aromatic carbocycles. The highest BCUT2D eigenvalue weighted by molar-refractivity contribution is 9.10. The molecule has 0 atom stereocenters. The number of nitriles is 1. The molecule has 0 saturated carbocycles. The molecule has 0 fully saturated rings. The molecule has 0 amide bonds. The molecule has 3 aromatic rings. The summed E-state index contributed by atoms with van der Waals surface area (Å²) in [6.07, 6.45) is 7.36. The molecule has 6 nitrogen and oxygen atoms in total. The van der Waals surface area contributed by atoms with Crippen molar-refractivity contribution in [2.45, 2.75) is 19.4 Å². The van der Waals surface area contributed by atoms with Crippen LogP contribution in [0.25, 0.3) is 0 Å². The number of imidazole rings is 1. The van der Waals surface area contributed by atoms with E-state index in [2.05, 4.69) is 49.0 Å². The van der Waals surface area contributed by atoms with Crippen LogP contribution in [0.15, 0.2) is 53.5 Å². The van der Waals surface area contributed by atoms with Crippen LogP contribution < -0.4 is 9.64 Å². The van der Waals surface area contributed by atoms with Crippen LogP contribution in [0.1, 0.15) is 23.4 Å². The molecule has 0 unspecified atom stereocenters. The van der Waals surface area contributed by atoms with Gasteiger partial charge >= 0.3 is 0 Å². The van der Waals surface area contributed by atoms with Gasteiger partial charge in [0.15, 0.2) is 0 Å². The third-order valence-corrected chi connectivity index (χ3v) is 5.26. The number of aryl methyl sites for hydroxylation is 2. The van der Waals surface area contributed by atoms with Gasteiger partial charge in [0.2, 0.25) is 0 Å². The lowest BCUT2D eigenvalue weighted by molar-refractivity contribution is 0.411. The van der Waals surface area contributed by atoms with Crippen molar-refractivity contribution in [3.63, 3.8) is 0 Å². The third kappa shape index (κ3) is 4.90. The Morgan fingerprint density at radius 3 is 2.75 bits per heavy atom. The molecule has 28 heavy (non-hydrogen) atoms. The molecular formula is C21H22BrN5O. The Hall–Kier alpha value is -2.85. The van der Waals surface area contributed by atoms with Crippen molar-refractivity contribution in [2.24, 2.45) is 7.05 Å². The number of aromatic nitrogens is 3. The van der Waals surface area contributed by atoms with Gasteiger partial charge in [0.25, 0.3) is 0 Å². The Kier molecular flexibility index (Phi) is 6.66. The van der Waals surface area contributed by atoms with Crippen molar-refractivity contribution in [1.29, 1.82) is 5.26 Å². The lowest BCUT2D eigenvalue weighted by Crippen LogP contribution is -2.25. The number of benzene rings is 1. The molecule has 7 heteroatoms. The fourth-order valence-electron chi connectivity index (χ4n) is 3.00. The number of methoxy groups -OCH3 is 1. The molecule has 0 bridgehead atoms. The van der Waals surface area contributed by atoms with Gasteiger partial charge in [-0.25, -0.2) is 9.97 Å². The highest BCUT2D eigenvalue weighted by Crippen LogP contribution is 2.26. The van der Waals surface area contributed by atoms with Crippen LogP contribution in [-0.4, -0.2) is 28.2 Å². The summed E-state index contributed by atoms with van der Waals surface area (Å²) in [4.78, 5) is 10.7. The Labute approximate surface area is 173 Å². The third-order valence-electron chi connectivity index (χ3n) is 4.61. The number of halogens is 1. The zero-order chi connectivity index (χ0) is 19.9. The minimum atomic E-state index is 0.422. The Morgan fingerprint density at radius 2 is 2.11 bits per heavy atom. The van der Waals surface area contributed by atoms with Crippen LogP contribution in [0.5, 0.6) is 5.75 Å². The lowest BCUT2D eigenvalue weighted by atomic mass is 10.1. The van der Waals surface area contributed by atoms with Crippen molar-refractivity contribution >= 4 is 21.6 Å². The fourth-order valence-corrected chi connectivity index (χ4v) is 3.41. The van der Waals surface area contributed by atoms with Crippen molar-refractivity contribution in [1.82, 2.24) is 14.5 Å². The van der Waals surface area contributed by atoms with E-state index in [1.165, 1.54) is 5.56 Å². The second-order valence-corrected chi connectivity index (χ2v) is 7.36. The van der Waals surface area contributed by atoms with Gasteiger partial charge in [-0.2, -0.15) is 5.26 Å². The van der Waals surface area contributed by atoms with Crippen molar-refractivity contribution in [2.75, 3.05) is 18.6 Å². The SMILES string of the molecule is COc1cc(CCCN(Cc2cncn2C)c2ccc(C#N)nc2)ccc1Br. The van der Waals surface area contributed by atoms with E-state index in [0.29, 0.717) is 5.69 Å². The average molecular weight is 440 g/mol. The summed E-state index contributed by atoms with van der Waals surface area (Å²) in [7, 11) is 3.67. The van der Waals surface area contributed by atoms with E-state index >= 15 is 0 Å². The summed E-state index contributed by atoms with van der Waals surface area (Å²) in [5, 5.41) is 8.99. The van der Waals surface area contributed by atoms with E-state index in [0.717, 1.165) is 47.5 Å². The summed E-state index contributed by atoms with van der Waals surface area (Å²) < 4.78 is 8.36. The lowest BCUT2D eigenvalue weighted by Gasteiger charge is -2.24. The highest BCUT2D eigenvalue weighted by atomic mass is 79.9. The first-order chi connectivity index (χ1) is 13.6. The minimum Gasteiger partial charge on any atom is -0.496 e. The first-order valence-corrected chi connectivity index (χ1v) is 9.78. The zero-order valence-corrected chi connectivity index (χ0v) is 17.6. The minimum absolute atomic E-state index is 0.422. The molecule has 0 spiro atoms. The monoisotopic (exact) mass is 439 g/mol. The van der Waals surface area contributed by atoms with Crippen LogP contribution in [0, 0.1) is 11.3 Å². The summed E-state index contributed by atoms with van der Waals surface area (Å²) >= 11 is 3.49. The topological polar surface area (TPSA) is 67.0 Å². The second-order valence-electron chi connectivity index (χ2n) is 6.50. The number of rotatable bonds is 8. The molecule has 0 radical (unpaired) electrons. The fraction of sp³-hybridized carbons (Fsp3) is 0.286. The number of pyridine rings is 1. The summed E-state index contributed by atoms with van der Waals surface area (Å²) in [5.41, 5.74) is 3.77. The standard InChI is InChI=1S/C21H22BrN5O/c1-26-15-24-12-19(26)14-27(18-7-6-17(11-23)25-13-18)9-3-4-16-5-8-20(22)21(10-16)28-2/h5-8,10,12-13,15H,3-4,9,14H2,1-2H3. The van der Waals surface area contributed by atoms with Crippen LogP contribution >= 0.6 is 15.9 Å². The molecule has 0 N–H and O–H groups in total. The predicted octanol–water partition coefficient (Wildman–Crippen LogP) is 4.10. The number of nitrogens with zero attached hydrogens (tertiary/aromatic N) is 5. The largest absolute Gasteiger partial charge is 0.496 e. The van der Waals surface area contributed by atoms with Crippen molar-refractivity contribution < 1.29 is 4.74 Å². The maximum Gasteiger partial charge on any atom is 0.140 e. The van der Waals surface area contributed by atoms with Gasteiger partial charge in [-0.1, -0.05) is 6.07 Å². The van der Waals surface area contributed by atoms with Crippen LogP contribution in [0.4, 0.5) is 5.69 Å². The molecule has 0 saturated heterocycles. The smallest absolute Gasteiger partial charge is 0.140 e. The molecule has 0 aliphatic rings. The maximum atomic E-state index is 8.99. The molecule has 0 aliphatic carbocycles. The average Bonchev–Trinajstić information content (AvgIpc) is 3.13. The highest BCUT2D eigenvalue weighted by Gasteiger charge is 2.11. The van der Waals surface area contributed by atoms with Gasteiger partial charge in [-0.15, -0.1) is 0 Å². The van der Waals surface area contributed by atoms with E-state index in [1.54, 1.807) is 25.7 Å². The van der Waals surface area contributed by atoms with Gasteiger partial charge in [-0.3, -0.25) is 0 Å². The first-order valence-electron chi connectivity index (χ1n) is 8.99. The van der Waals surface area contributed by atoms with Gasteiger partial charge in [0.05, 0.1) is 42.0 Å². The van der Waals surface area contributed by atoms with E-state index in [4.69, 9.17) is 10.00 Å². The zero-order valence-electron chi connectivity index (χ0n) is 16.0.